The van der Waals surface area contributed by atoms with E-state index in [9.17, 15) is 0 Å². The lowest BCUT2D eigenvalue weighted by Gasteiger charge is -2.38. The number of benzene rings is 1. The number of likely N-dealkylation sites (tertiary alicyclic amines) is 1. The van der Waals surface area contributed by atoms with Crippen molar-refractivity contribution in [3.8, 4) is 5.75 Å². The second-order valence-corrected chi connectivity index (χ2v) is 6.23. The van der Waals surface area contributed by atoms with Gasteiger partial charge in [0.25, 0.3) is 0 Å². The summed E-state index contributed by atoms with van der Waals surface area (Å²) in [5, 5.41) is 10.3. The number of aryl methyl sites for hydroxylation is 2. The molecule has 0 amide bonds. The molecule has 0 spiro atoms. The van der Waals surface area contributed by atoms with Gasteiger partial charge in [0.1, 0.15) is 21.9 Å². The average molecular weight is 275 g/mol. The number of ether oxygens (including phenoxy) is 1. The fourth-order valence-corrected chi connectivity index (χ4v) is 2.95. The van der Waals surface area contributed by atoms with Gasteiger partial charge in [-0.25, -0.2) is 0 Å². The van der Waals surface area contributed by atoms with Gasteiger partial charge < -0.3 is 4.74 Å². The van der Waals surface area contributed by atoms with Crippen LogP contribution in [0.2, 0.25) is 0 Å². The van der Waals surface area contributed by atoms with E-state index < -0.39 is 0 Å². The molecular weight excluding hydrogens is 258 g/mol. The Bertz CT molecular complexity index is 563. The number of aromatic nitrogens is 2. The van der Waals surface area contributed by atoms with Gasteiger partial charge in [-0.2, -0.15) is 0 Å². The van der Waals surface area contributed by atoms with E-state index in [1.807, 2.05) is 19.1 Å². The summed E-state index contributed by atoms with van der Waals surface area (Å²) in [7, 11) is 0. The van der Waals surface area contributed by atoms with Gasteiger partial charge in [-0.05, 0) is 31.5 Å². The summed E-state index contributed by atoms with van der Waals surface area (Å²) in [5.74, 6) is 0.969. The molecule has 0 atom stereocenters. The summed E-state index contributed by atoms with van der Waals surface area (Å²) < 4.78 is 5.93. The molecule has 0 bridgehead atoms. The highest BCUT2D eigenvalue weighted by atomic mass is 32.1. The van der Waals surface area contributed by atoms with Crippen molar-refractivity contribution in [2.75, 3.05) is 13.1 Å². The maximum atomic E-state index is 5.93. The molecule has 0 saturated carbocycles. The monoisotopic (exact) mass is 275 g/mol. The Morgan fingerprint density at radius 2 is 2.16 bits per heavy atom. The molecule has 19 heavy (non-hydrogen) atoms. The van der Waals surface area contributed by atoms with Crippen LogP contribution >= 0.6 is 11.3 Å². The number of hydrogen-bond donors (Lipinski definition) is 0. The van der Waals surface area contributed by atoms with Crippen LogP contribution < -0.4 is 4.74 Å². The molecule has 0 radical (unpaired) electrons. The molecule has 2 heterocycles. The molecule has 4 nitrogen and oxygen atoms in total. The summed E-state index contributed by atoms with van der Waals surface area (Å²) in [4.78, 5) is 2.33. The van der Waals surface area contributed by atoms with E-state index in [4.69, 9.17) is 4.74 Å². The van der Waals surface area contributed by atoms with Crippen molar-refractivity contribution < 1.29 is 4.74 Å². The molecule has 3 rings (SSSR count). The van der Waals surface area contributed by atoms with E-state index in [0.717, 1.165) is 35.4 Å². The Kier molecular flexibility index (Phi) is 3.48. The standard InChI is InChI=1S/C14H17N3OS/c1-10-4-3-5-12(6-10)18-13-7-17(8-13)9-14-16-15-11(2)19-14/h3-6,13H,7-9H2,1-2H3. The van der Waals surface area contributed by atoms with E-state index in [-0.39, 0.29) is 0 Å². The minimum Gasteiger partial charge on any atom is -0.488 e. The first-order valence-electron chi connectivity index (χ1n) is 6.44. The van der Waals surface area contributed by atoms with Crippen molar-refractivity contribution in [3.05, 3.63) is 39.8 Å². The van der Waals surface area contributed by atoms with Crippen LogP contribution in [-0.4, -0.2) is 34.3 Å². The van der Waals surface area contributed by atoms with Gasteiger partial charge in [-0.15, -0.1) is 21.5 Å². The van der Waals surface area contributed by atoms with E-state index in [1.165, 1.54) is 5.56 Å². The van der Waals surface area contributed by atoms with E-state index >= 15 is 0 Å². The van der Waals surface area contributed by atoms with Crippen molar-refractivity contribution in [3.63, 3.8) is 0 Å². The van der Waals surface area contributed by atoms with Gasteiger partial charge in [-0.1, -0.05) is 12.1 Å². The molecule has 1 aromatic carbocycles. The first-order valence-corrected chi connectivity index (χ1v) is 7.25. The van der Waals surface area contributed by atoms with Crippen LogP contribution in [0.4, 0.5) is 0 Å². The Labute approximate surface area is 117 Å². The van der Waals surface area contributed by atoms with Gasteiger partial charge in [-0.3, -0.25) is 4.90 Å². The normalized spacial score (nSPS) is 16.3. The van der Waals surface area contributed by atoms with Crippen LogP contribution in [0.25, 0.3) is 0 Å². The molecular formula is C14H17N3OS. The van der Waals surface area contributed by atoms with Gasteiger partial charge in [0, 0.05) is 13.1 Å². The van der Waals surface area contributed by atoms with E-state index in [0.29, 0.717) is 6.10 Å². The van der Waals surface area contributed by atoms with Crippen molar-refractivity contribution >= 4 is 11.3 Å². The predicted octanol–water partition coefficient (Wildman–Crippen LogP) is 2.42. The number of rotatable bonds is 4. The molecule has 1 saturated heterocycles. The summed E-state index contributed by atoms with van der Waals surface area (Å²) in [5.41, 5.74) is 1.23. The lowest BCUT2D eigenvalue weighted by atomic mass is 10.1. The summed E-state index contributed by atoms with van der Waals surface area (Å²) in [6.07, 6.45) is 0.302. The molecule has 0 unspecified atom stereocenters. The zero-order chi connectivity index (χ0) is 13.2. The summed E-state index contributed by atoms with van der Waals surface area (Å²) in [6, 6.07) is 8.21. The Morgan fingerprint density at radius 3 is 2.84 bits per heavy atom. The maximum Gasteiger partial charge on any atom is 0.131 e. The van der Waals surface area contributed by atoms with E-state index in [2.05, 4.69) is 34.2 Å². The molecule has 0 N–H and O–H groups in total. The van der Waals surface area contributed by atoms with Crippen LogP contribution in [0.5, 0.6) is 5.75 Å². The zero-order valence-corrected chi connectivity index (χ0v) is 12.0. The second kappa shape index (κ2) is 5.27. The molecule has 0 aliphatic carbocycles. The third-order valence-corrected chi connectivity index (χ3v) is 3.97. The molecule has 2 aromatic rings. The van der Waals surface area contributed by atoms with Gasteiger partial charge in [0.2, 0.25) is 0 Å². The lowest BCUT2D eigenvalue weighted by molar-refractivity contribution is 0.0144. The fourth-order valence-electron chi connectivity index (χ4n) is 2.20. The topological polar surface area (TPSA) is 38.2 Å². The van der Waals surface area contributed by atoms with Crippen LogP contribution in [0.3, 0.4) is 0 Å². The van der Waals surface area contributed by atoms with Gasteiger partial charge >= 0.3 is 0 Å². The highest BCUT2D eigenvalue weighted by molar-refractivity contribution is 7.11. The SMILES string of the molecule is Cc1cccc(OC2CN(Cc3nnc(C)s3)C2)c1. The quantitative estimate of drug-likeness (QED) is 0.859. The highest BCUT2D eigenvalue weighted by Crippen LogP contribution is 2.21. The lowest BCUT2D eigenvalue weighted by Crippen LogP contribution is -2.53. The smallest absolute Gasteiger partial charge is 0.131 e. The Hall–Kier alpha value is -1.46. The van der Waals surface area contributed by atoms with Crippen LogP contribution in [0, 0.1) is 13.8 Å². The Morgan fingerprint density at radius 1 is 1.32 bits per heavy atom. The third kappa shape index (κ3) is 3.11. The van der Waals surface area contributed by atoms with Crippen LogP contribution in [0.15, 0.2) is 24.3 Å². The van der Waals surface area contributed by atoms with Crippen LogP contribution in [0.1, 0.15) is 15.6 Å². The molecule has 5 heteroatoms. The largest absolute Gasteiger partial charge is 0.488 e. The predicted molar refractivity (Wildman–Crippen MR) is 75.5 cm³/mol. The molecule has 1 fully saturated rings. The number of nitrogens with zero attached hydrogens (tertiary/aromatic N) is 3. The van der Waals surface area contributed by atoms with Gasteiger partial charge in [0.05, 0.1) is 6.54 Å². The molecule has 1 aliphatic rings. The fraction of sp³-hybridized carbons (Fsp3) is 0.429. The van der Waals surface area contributed by atoms with Gasteiger partial charge in [0.15, 0.2) is 0 Å². The minimum absolute atomic E-state index is 0.302. The van der Waals surface area contributed by atoms with Crippen LogP contribution in [-0.2, 0) is 6.54 Å². The summed E-state index contributed by atoms with van der Waals surface area (Å²) in [6.45, 7) is 6.89. The second-order valence-electron chi connectivity index (χ2n) is 4.97. The molecule has 100 valence electrons. The number of hydrogen-bond acceptors (Lipinski definition) is 5. The van der Waals surface area contributed by atoms with Crippen molar-refractivity contribution in [2.24, 2.45) is 0 Å². The first kappa shape index (κ1) is 12.6. The molecule has 1 aromatic heterocycles. The third-order valence-electron chi connectivity index (χ3n) is 3.14. The maximum absolute atomic E-state index is 5.93. The summed E-state index contributed by atoms with van der Waals surface area (Å²) >= 11 is 1.67. The minimum atomic E-state index is 0.302. The zero-order valence-electron chi connectivity index (χ0n) is 11.2. The first-order chi connectivity index (χ1) is 9.19. The van der Waals surface area contributed by atoms with E-state index in [1.54, 1.807) is 11.3 Å². The Balaban J connectivity index is 1.48. The highest BCUT2D eigenvalue weighted by Gasteiger charge is 2.29. The molecule has 1 aliphatic heterocycles. The van der Waals surface area contributed by atoms with Crippen molar-refractivity contribution in [1.82, 2.24) is 15.1 Å². The van der Waals surface area contributed by atoms with Crippen molar-refractivity contribution in [1.29, 1.82) is 0 Å². The average Bonchev–Trinajstić information content (AvgIpc) is 2.72. The van der Waals surface area contributed by atoms with Crippen molar-refractivity contribution in [2.45, 2.75) is 26.5 Å².